The number of hydrogen-bond donors (Lipinski definition) is 8. The second-order valence-electron chi connectivity index (χ2n) is 14.4. The van der Waals surface area contributed by atoms with Gasteiger partial charge >= 0.3 is 0 Å². The number of azo groups is 4. The first-order valence-corrected chi connectivity index (χ1v) is 20.6. The van der Waals surface area contributed by atoms with Crippen LogP contribution in [0.15, 0.2) is 179 Å². The van der Waals surface area contributed by atoms with Crippen molar-refractivity contribution in [1.29, 1.82) is 0 Å². The summed E-state index contributed by atoms with van der Waals surface area (Å²) in [6.07, 6.45) is 0. The Hall–Kier alpha value is -8.81. The summed E-state index contributed by atoms with van der Waals surface area (Å²) in [6, 6.07) is 36.0. The minimum absolute atomic E-state index is 0.0555. The van der Waals surface area contributed by atoms with E-state index in [0.717, 1.165) is 11.5 Å². The summed E-state index contributed by atoms with van der Waals surface area (Å²) in [4.78, 5) is -0.463. The van der Waals surface area contributed by atoms with Gasteiger partial charge in [0, 0.05) is 27.8 Å². The molecule has 12 N–H and O–H groups in total. The molecule has 0 aliphatic carbocycles. The van der Waals surface area contributed by atoms with Gasteiger partial charge in [-0.2, -0.15) is 28.9 Å². The Labute approximate surface area is 364 Å². The van der Waals surface area contributed by atoms with Crippen LogP contribution in [0.4, 0.5) is 79.6 Å². The van der Waals surface area contributed by atoms with E-state index < -0.39 is 15.0 Å². The van der Waals surface area contributed by atoms with Gasteiger partial charge in [0.15, 0.2) is 11.5 Å². The number of nitrogens with two attached hydrogens (primary N) is 4. The highest BCUT2D eigenvalue weighted by molar-refractivity contribution is 7.86. The highest BCUT2D eigenvalue weighted by Gasteiger charge is 2.18. The summed E-state index contributed by atoms with van der Waals surface area (Å²) in [5.74, 6) is -0.285. The Kier molecular flexibility index (Phi) is 11.3. The standard InChI is InChI=1S/C45H37N13O5S/c1-24-18-26-3-8-32(53-56-39-16-6-28(47)20-37(39)49)22-35(26)45(60)43(24)58-54-33-13-17-40(42(23-33)64(61,62)63)50-29-9-11-30(12-10-29)51-57-41-14-4-25-2-7-31(21-34(25)44(41)59)52-55-38-15-5-27(46)19-36(38)48/h2-23,50,59-60H,46-49H2,1H3,(H,61,62,63). The SMILES string of the molecule is Cc1cc2ccc(N=Nc3ccc(N)cc3N)cc2c(O)c1N=Nc1ccc(Nc2ccc(N=Nc3ccc4ccc(N=Nc5ccc(N)cc5N)cc4c3O)cc2)c(S(=O)(=O)O)c1. The maximum absolute atomic E-state index is 12.6. The van der Waals surface area contributed by atoms with E-state index >= 15 is 0 Å². The van der Waals surface area contributed by atoms with Gasteiger partial charge in [-0.25, -0.2) is 0 Å². The van der Waals surface area contributed by atoms with E-state index in [1.165, 1.54) is 12.1 Å². The lowest BCUT2D eigenvalue weighted by atomic mass is 10.0. The van der Waals surface area contributed by atoms with Gasteiger partial charge in [-0.3, -0.25) is 4.55 Å². The molecule has 8 rings (SSSR count). The van der Waals surface area contributed by atoms with Crippen molar-refractivity contribution in [3.05, 3.63) is 139 Å². The summed E-state index contributed by atoms with van der Waals surface area (Å²) >= 11 is 0. The van der Waals surface area contributed by atoms with E-state index in [1.54, 1.807) is 116 Å². The number of aromatic hydroxyl groups is 2. The molecule has 18 nitrogen and oxygen atoms in total. The van der Waals surface area contributed by atoms with E-state index in [4.69, 9.17) is 22.9 Å². The zero-order valence-corrected chi connectivity index (χ0v) is 34.5. The molecular formula is C45H37N13O5S. The third-order valence-corrected chi connectivity index (χ3v) is 10.7. The molecule has 0 atom stereocenters. The molecule has 0 amide bonds. The summed E-state index contributed by atoms with van der Waals surface area (Å²) < 4.78 is 35.3. The molecule has 0 aliphatic heterocycles. The van der Waals surface area contributed by atoms with Crippen LogP contribution in [0.5, 0.6) is 11.5 Å². The van der Waals surface area contributed by atoms with Crippen LogP contribution >= 0.6 is 0 Å². The lowest BCUT2D eigenvalue weighted by Crippen LogP contribution is -2.03. The number of benzene rings is 8. The van der Waals surface area contributed by atoms with E-state index in [-0.39, 0.29) is 34.2 Å². The molecule has 0 heterocycles. The lowest BCUT2D eigenvalue weighted by Gasteiger charge is -2.11. The Morgan fingerprint density at radius 3 is 1.58 bits per heavy atom. The number of nitrogens with zero attached hydrogens (tertiary/aromatic N) is 8. The van der Waals surface area contributed by atoms with Crippen LogP contribution in [0.25, 0.3) is 21.5 Å². The number of fused-ring (bicyclic) bond motifs is 2. The van der Waals surface area contributed by atoms with Crippen LogP contribution in [0, 0.1) is 6.92 Å². The number of phenols is 2. The predicted octanol–water partition coefficient (Wildman–Crippen LogP) is 12.7. The van der Waals surface area contributed by atoms with Gasteiger partial charge in [-0.15, -0.1) is 20.5 Å². The Balaban J connectivity index is 0.977. The van der Waals surface area contributed by atoms with E-state index in [9.17, 15) is 23.2 Å². The monoisotopic (exact) mass is 871 g/mol. The predicted molar refractivity (Wildman–Crippen MR) is 249 cm³/mol. The van der Waals surface area contributed by atoms with Crippen LogP contribution in [0.1, 0.15) is 5.56 Å². The van der Waals surface area contributed by atoms with Crippen molar-refractivity contribution < 1.29 is 23.2 Å². The van der Waals surface area contributed by atoms with Crippen LogP contribution < -0.4 is 28.3 Å². The molecule has 0 bridgehead atoms. The van der Waals surface area contributed by atoms with E-state index in [2.05, 4.69) is 46.2 Å². The summed E-state index contributed by atoms with van der Waals surface area (Å²) in [6.45, 7) is 1.74. The number of anilines is 6. The smallest absolute Gasteiger partial charge is 0.296 e. The zero-order valence-electron chi connectivity index (χ0n) is 33.7. The maximum Gasteiger partial charge on any atom is 0.296 e. The molecule has 19 heteroatoms. The third kappa shape index (κ3) is 9.24. The minimum Gasteiger partial charge on any atom is -0.505 e. The lowest BCUT2D eigenvalue weighted by molar-refractivity contribution is 0.481. The van der Waals surface area contributed by atoms with Crippen LogP contribution in [-0.2, 0) is 10.1 Å². The third-order valence-electron chi connectivity index (χ3n) is 9.79. The molecule has 0 radical (unpaired) electrons. The summed E-state index contributed by atoms with van der Waals surface area (Å²) in [7, 11) is -4.75. The van der Waals surface area contributed by atoms with Crippen molar-refractivity contribution >= 4 is 111 Å². The average Bonchev–Trinajstić information content (AvgIpc) is 3.26. The van der Waals surface area contributed by atoms with Crippen LogP contribution in [0.2, 0.25) is 0 Å². The van der Waals surface area contributed by atoms with Crippen molar-refractivity contribution in [2.45, 2.75) is 11.8 Å². The number of aryl methyl sites for hydroxylation is 1. The molecule has 64 heavy (non-hydrogen) atoms. The van der Waals surface area contributed by atoms with Gasteiger partial charge in [0.2, 0.25) is 0 Å². The molecule has 0 saturated heterocycles. The molecule has 318 valence electrons. The fourth-order valence-electron chi connectivity index (χ4n) is 6.53. The normalized spacial score (nSPS) is 12.2. The number of nitrogen functional groups attached to an aromatic ring is 4. The molecule has 0 spiro atoms. The maximum atomic E-state index is 12.6. The molecule has 8 aromatic rings. The minimum atomic E-state index is -4.75. The van der Waals surface area contributed by atoms with Gasteiger partial charge < -0.3 is 38.5 Å². The zero-order chi connectivity index (χ0) is 45.1. The number of nitrogens with one attached hydrogen (secondary N) is 1. The molecule has 0 fully saturated rings. The number of rotatable bonds is 11. The second-order valence-corrected chi connectivity index (χ2v) is 15.8. The molecule has 0 saturated carbocycles. The first-order chi connectivity index (χ1) is 30.7. The van der Waals surface area contributed by atoms with Crippen molar-refractivity contribution in [3.63, 3.8) is 0 Å². The molecule has 0 unspecified atom stereocenters. The molecule has 0 aromatic heterocycles. The van der Waals surface area contributed by atoms with Crippen LogP contribution in [0.3, 0.4) is 0 Å². The molecule has 8 aromatic carbocycles. The number of hydrogen-bond acceptors (Lipinski definition) is 17. The summed E-state index contributed by atoms with van der Waals surface area (Å²) in [5, 5.41) is 61.5. The van der Waals surface area contributed by atoms with Crippen molar-refractivity contribution in [2.24, 2.45) is 40.9 Å². The van der Waals surface area contributed by atoms with Gasteiger partial charge in [-0.1, -0.05) is 18.2 Å². The highest BCUT2D eigenvalue weighted by Crippen LogP contribution is 2.42. The van der Waals surface area contributed by atoms with Crippen molar-refractivity contribution in [2.75, 3.05) is 28.3 Å². The van der Waals surface area contributed by atoms with Gasteiger partial charge in [-0.05, 0) is 139 Å². The Bertz CT molecular complexity index is 3380. The van der Waals surface area contributed by atoms with Gasteiger partial charge in [0.1, 0.15) is 27.6 Å². The van der Waals surface area contributed by atoms with Crippen LogP contribution in [-0.4, -0.2) is 23.2 Å². The topological polar surface area (TPSA) is 310 Å². The Morgan fingerprint density at radius 2 is 0.969 bits per heavy atom. The fraction of sp³-hybridized carbons (Fsp3) is 0.0222. The molecule has 0 aliphatic rings. The average molecular weight is 872 g/mol. The van der Waals surface area contributed by atoms with E-state index in [1.807, 2.05) is 6.07 Å². The van der Waals surface area contributed by atoms with Gasteiger partial charge in [0.25, 0.3) is 10.1 Å². The fourth-order valence-corrected chi connectivity index (χ4v) is 7.20. The van der Waals surface area contributed by atoms with Crippen molar-refractivity contribution in [1.82, 2.24) is 0 Å². The van der Waals surface area contributed by atoms with Gasteiger partial charge in [0.05, 0.1) is 39.8 Å². The highest BCUT2D eigenvalue weighted by atomic mass is 32.2. The number of phenolic OH excluding ortho intramolecular Hbond substituents is 2. The second kappa shape index (κ2) is 17.3. The first kappa shape index (κ1) is 41.9. The Morgan fingerprint density at radius 1 is 0.484 bits per heavy atom. The van der Waals surface area contributed by atoms with E-state index in [0.29, 0.717) is 78.6 Å². The first-order valence-electron chi connectivity index (χ1n) is 19.2. The van der Waals surface area contributed by atoms with Crippen molar-refractivity contribution in [3.8, 4) is 11.5 Å². The quantitative estimate of drug-likeness (QED) is 0.0345. The summed E-state index contributed by atoms with van der Waals surface area (Å²) in [5.41, 5.74) is 29.0. The largest absolute Gasteiger partial charge is 0.505 e. The molecular weight excluding hydrogens is 835 g/mol.